The molecule has 1 N–H and O–H groups in total. The van der Waals surface area contributed by atoms with Gasteiger partial charge in [0.05, 0.1) is 24.6 Å². The summed E-state index contributed by atoms with van der Waals surface area (Å²) in [6.07, 6.45) is 5.53. The number of amides is 1. The predicted octanol–water partition coefficient (Wildman–Crippen LogP) is 3.49. The minimum atomic E-state index is -0.363. The van der Waals surface area contributed by atoms with Crippen LogP contribution in [0.2, 0.25) is 0 Å². The van der Waals surface area contributed by atoms with Gasteiger partial charge in [0.25, 0.3) is 5.91 Å². The van der Waals surface area contributed by atoms with Gasteiger partial charge in [-0.1, -0.05) is 12.0 Å². The van der Waals surface area contributed by atoms with Crippen LogP contribution in [0.3, 0.4) is 0 Å². The minimum Gasteiger partial charge on any atom is -0.440 e. The van der Waals surface area contributed by atoms with Crippen molar-refractivity contribution >= 4 is 28.4 Å². The zero-order chi connectivity index (χ0) is 23.5. The van der Waals surface area contributed by atoms with Gasteiger partial charge in [-0.3, -0.25) is 9.59 Å². The molecule has 1 unspecified atom stereocenters. The van der Waals surface area contributed by atoms with Crippen molar-refractivity contribution in [2.75, 3.05) is 50.6 Å². The van der Waals surface area contributed by atoms with Crippen LogP contribution in [0.25, 0.3) is 11.0 Å². The number of nitrogens with zero attached hydrogens (tertiary/aromatic N) is 2. The van der Waals surface area contributed by atoms with Crippen LogP contribution in [0.1, 0.15) is 34.5 Å². The summed E-state index contributed by atoms with van der Waals surface area (Å²) >= 11 is 0. The second kappa shape index (κ2) is 9.39. The third kappa shape index (κ3) is 4.57. The number of hydrogen-bond acceptors (Lipinski definition) is 6. The Balaban J connectivity index is 1.84. The van der Waals surface area contributed by atoms with E-state index in [2.05, 4.69) is 11.2 Å². The van der Waals surface area contributed by atoms with Crippen molar-refractivity contribution in [1.82, 2.24) is 4.90 Å². The summed E-state index contributed by atoms with van der Waals surface area (Å²) in [5.74, 6) is 2.95. The highest BCUT2D eigenvalue weighted by molar-refractivity contribution is 6.01. The van der Waals surface area contributed by atoms with Gasteiger partial charge in [-0.15, -0.1) is 6.42 Å². The SMILES string of the molecule is C#Cc1cccc(NC(C)c2c(C(=O)N(C)C)ccc3oc(N4CCOCC4)cc(=O)c23)c1. The Kier molecular flexibility index (Phi) is 6.38. The number of carbonyl (C=O) groups excluding carboxylic acids is 1. The first-order valence-corrected chi connectivity index (χ1v) is 10.9. The number of hydrogen-bond donors (Lipinski definition) is 1. The Morgan fingerprint density at radius 1 is 1.18 bits per heavy atom. The van der Waals surface area contributed by atoms with E-state index in [1.807, 2.05) is 36.1 Å². The van der Waals surface area contributed by atoms with Crippen molar-refractivity contribution in [1.29, 1.82) is 0 Å². The monoisotopic (exact) mass is 445 g/mol. The van der Waals surface area contributed by atoms with Crippen molar-refractivity contribution in [3.05, 3.63) is 69.4 Å². The van der Waals surface area contributed by atoms with Gasteiger partial charge in [0.15, 0.2) is 11.3 Å². The van der Waals surface area contributed by atoms with Crippen LogP contribution in [0.5, 0.6) is 0 Å². The summed E-state index contributed by atoms with van der Waals surface area (Å²) in [5.41, 5.74) is 2.84. The largest absolute Gasteiger partial charge is 0.440 e. The molecule has 0 saturated carbocycles. The number of terminal acetylenes is 1. The van der Waals surface area contributed by atoms with Crippen LogP contribution in [0, 0.1) is 12.3 Å². The quantitative estimate of drug-likeness (QED) is 0.606. The Bertz CT molecular complexity index is 1280. The van der Waals surface area contributed by atoms with E-state index in [1.54, 1.807) is 26.2 Å². The molecule has 1 saturated heterocycles. The molecule has 2 heterocycles. The molecule has 4 rings (SSSR count). The molecule has 7 heteroatoms. The number of ether oxygens (including phenoxy) is 1. The van der Waals surface area contributed by atoms with Crippen molar-refractivity contribution < 1.29 is 13.9 Å². The number of nitrogens with one attached hydrogen (secondary N) is 1. The molecule has 0 spiro atoms. The van der Waals surface area contributed by atoms with E-state index < -0.39 is 0 Å². The standard InChI is InChI=1S/C26H27N3O4/c1-5-18-7-6-8-19(15-18)27-17(2)24-20(26(31)28(3)4)9-10-22-25(24)21(30)16-23(33-22)29-11-13-32-14-12-29/h1,6-10,15-17,27H,11-14H2,2-4H3. The lowest BCUT2D eigenvalue weighted by atomic mass is 9.95. The fourth-order valence-electron chi connectivity index (χ4n) is 4.10. The molecule has 1 amide bonds. The molecule has 0 bridgehead atoms. The van der Waals surface area contributed by atoms with Crippen molar-refractivity contribution in [3.8, 4) is 12.3 Å². The summed E-state index contributed by atoms with van der Waals surface area (Å²) in [5, 5.41) is 3.79. The first kappa shape index (κ1) is 22.4. The van der Waals surface area contributed by atoms with Gasteiger partial charge in [0.1, 0.15) is 5.58 Å². The molecule has 1 atom stereocenters. The maximum Gasteiger partial charge on any atom is 0.253 e. The van der Waals surface area contributed by atoms with Crippen LogP contribution in [0.15, 0.2) is 51.7 Å². The topological polar surface area (TPSA) is 75.0 Å². The van der Waals surface area contributed by atoms with Crippen LogP contribution >= 0.6 is 0 Å². The summed E-state index contributed by atoms with van der Waals surface area (Å²) < 4.78 is 11.5. The van der Waals surface area contributed by atoms with E-state index in [4.69, 9.17) is 15.6 Å². The van der Waals surface area contributed by atoms with E-state index in [0.29, 0.717) is 54.3 Å². The normalized spacial score (nSPS) is 14.5. The minimum absolute atomic E-state index is 0.186. The Morgan fingerprint density at radius 2 is 1.94 bits per heavy atom. The number of carbonyl (C=O) groups is 1. The first-order valence-electron chi connectivity index (χ1n) is 10.9. The Morgan fingerprint density at radius 3 is 2.64 bits per heavy atom. The lowest BCUT2D eigenvalue weighted by Gasteiger charge is -2.27. The van der Waals surface area contributed by atoms with Gasteiger partial charge in [0, 0.05) is 55.6 Å². The van der Waals surface area contributed by atoms with Gasteiger partial charge in [0.2, 0.25) is 0 Å². The number of fused-ring (bicyclic) bond motifs is 1. The summed E-state index contributed by atoms with van der Waals surface area (Å²) in [6.45, 7) is 4.39. The summed E-state index contributed by atoms with van der Waals surface area (Å²) in [4.78, 5) is 29.9. The second-order valence-corrected chi connectivity index (χ2v) is 8.24. The molecular formula is C26H27N3O4. The average Bonchev–Trinajstić information content (AvgIpc) is 2.83. The number of morpholine rings is 1. The molecule has 1 aromatic heterocycles. The molecular weight excluding hydrogens is 418 g/mol. The van der Waals surface area contributed by atoms with Crippen molar-refractivity contribution in [2.24, 2.45) is 0 Å². The summed E-state index contributed by atoms with van der Waals surface area (Å²) in [6, 6.07) is 12.0. The molecule has 3 aromatic rings. The fourth-order valence-corrected chi connectivity index (χ4v) is 4.10. The molecule has 1 fully saturated rings. The van der Waals surface area contributed by atoms with Crippen molar-refractivity contribution in [3.63, 3.8) is 0 Å². The lowest BCUT2D eigenvalue weighted by molar-refractivity contribution is 0.0826. The van der Waals surface area contributed by atoms with E-state index in [1.165, 1.54) is 11.0 Å². The van der Waals surface area contributed by atoms with E-state index >= 15 is 0 Å². The Hall–Kier alpha value is -3.76. The van der Waals surface area contributed by atoms with Crippen LogP contribution in [-0.4, -0.2) is 51.2 Å². The van der Waals surface area contributed by atoms with Crippen LogP contribution < -0.4 is 15.6 Å². The zero-order valence-corrected chi connectivity index (χ0v) is 19.1. The van der Waals surface area contributed by atoms with Crippen LogP contribution in [0.4, 0.5) is 11.6 Å². The van der Waals surface area contributed by atoms with E-state index in [0.717, 1.165) is 11.3 Å². The van der Waals surface area contributed by atoms with Crippen LogP contribution in [-0.2, 0) is 4.74 Å². The molecule has 2 aromatic carbocycles. The number of anilines is 2. The zero-order valence-electron chi connectivity index (χ0n) is 19.1. The molecule has 1 aliphatic rings. The third-order valence-electron chi connectivity index (χ3n) is 5.73. The van der Waals surface area contributed by atoms with Gasteiger partial charge in [-0.2, -0.15) is 0 Å². The average molecular weight is 446 g/mol. The lowest BCUT2D eigenvalue weighted by Crippen LogP contribution is -2.36. The van der Waals surface area contributed by atoms with E-state index in [9.17, 15) is 9.59 Å². The smallest absolute Gasteiger partial charge is 0.253 e. The van der Waals surface area contributed by atoms with Crippen molar-refractivity contribution in [2.45, 2.75) is 13.0 Å². The summed E-state index contributed by atoms with van der Waals surface area (Å²) in [7, 11) is 3.38. The number of rotatable bonds is 5. The Labute approximate surface area is 192 Å². The highest BCUT2D eigenvalue weighted by atomic mass is 16.5. The third-order valence-corrected chi connectivity index (χ3v) is 5.73. The first-order chi connectivity index (χ1) is 15.9. The predicted molar refractivity (Wildman–Crippen MR) is 130 cm³/mol. The maximum absolute atomic E-state index is 13.4. The fraction of sp³-hybridized carbons (Fsp3) is 0.308. The molecule has 0 aliphatic carbocycles. The molecule has 170 valence electrons. The highest BCUT2D eigenvalue weighted by Crippen LogP contribution is 2.31. The second-order valence-electron chi connectivity index (χ2n) is 8.24. The molecule has 0 radical (unpaired) electrons. The van der Waals surface area contributed by atoms with Gasteiger partial charge >= 0.3 is 0 Å². The maximum atomic E-state index is 13.4. The van der Waals surface area contributed by atoms with Gasteiger partial charge in [-0.05, 0) is 37.3 Å². The van der Waals surface area contributed by atoms with Gasteiger partial charge in [-0.25, -0.2) is 0 Å². The highest BCUT2D eigenvalue weighted by Gasteiger charge is 2.24. The molecule has 7 nitrogen and oxygen atoms in total. The number of benzene rings is 2. The molecule has 33 heavy (non-hydrogen) atoms. The molecule has 1 aliphatic heterocycles. The van der Waals surface area contributed by atoms with E-state index in [-0.39, 0.29) is 17.4 Å². The van der Waals surface area contributed by atoms with Gasteiger partial charge < -0.3 is 24.3 Å².